The van der Waals surface area contributed by atoms with E-state index in [2.05, 4.69) is 29.1 Å². The molecule has 1 amide bonds. The number of likely N-dealkylation sites (N-methyl/N-ethyl adjacent to an activating group) is 1. The number of carbonyl (C=O) groups is 1. The van der Waals surface area contributed by atoms with Gasteiger partial charge in [-0.2, -0.15) is 0 Å². The monoisotopic (exact) mass is 340 g/mol. The maximum atomic E-state index is 11.8. The van der Waals surface area contributed by atoms with Crippen molar-refractivity contribution in [1.29, 1.82) is 0 Å². The van der Waals surface area contributed by atoms with E-state index in [1.807, 2.05) is 24.3 Å². The molecule has 0 atom stereocenters. The van der Waals surface area contributed by atoms with E-state index >= 15 is 0 Å². The van der Waals surface area contributed by atoms with E-state index in [0.29, 0.717) is 6.42 Å². The van der Waals surface area contributed by atoms with Crippen molar-refractivity contribution in [3.8, 4) is 0 Å². The maximum Gasteiger partial charge on any atom is 0.226 e. The van der Waals surface area contributed by atoms with Gasteiger partial charge in [-0.25, -0.2) is 9.97 Å². The summed E-state index contributed by atoms with van der Waals surface area (Å²) in [4.78, 5) is 24.4. The Labute approximate surface area is 145 Å². The number of hydrogen-bond donors (Lipinski definition) is 1. The summed E-state index contributed by atoms with van der Waals surface area (Å²) in [5, 5.41) is 4.44. The maximum absolute atomic E-state index is 11.8. The number of amides is 1. The minimum atomic E-state index is 0.0950. The predicted octanol–water partition coefficient (Wildman–Crippen LogP) is 3.68. The summed E-state index contributed by atoms with van der Waals surface area (Å²) in [6, 6.07) is 7.88. The number of rotatable bonds is 4. The van der Waals surface area contributed by atoms with E-state index in [1.54, 1.807) is 36.7 Å². The van der Waals surface area contributed by atoms with E-state index < -0.39 is 0 Å². The van der Waals surface area contributed by atoms with Gasteiger partial charge in [-0.3, -0.25) is 4.79 Å². The van der Waals surface area contributed by atoms with Gasteiger partial charge in [0.05, 0.1) is 11.8 Å². The third kappa shape index (κ3) is 3.23. The zero-order valence-electron chi connectivity index (χ0n) is 14.3. The topological polar surface area (TPSA) is 58.1 Å². The molecule has 0 aliphatic heterocycles. The van der Waals surface area contributed by atoms with Gasteiger partial charge < -0.3 is 10.2 Å². The van der Waals surface area contributed by atoms with Crippen LogP contribution in [-0.2, 0) is 11.2 Å². The molecule has 124 valence electrons. The van der Waals surface area contributed by atoms with Crippen LogP contribution in [0.1, 0.15) is 16.0 Å². The van der Waals surface area contributed by atoms with Crippen LogP contribution in [0.15, 0.2) is 30.6 Å². The molecule has 1 aromatic carbocycles. The van der Waals surface area contributed by atoms with Crippen LogP contribution in [0, 0.1) is 13.8 Å². The zero-order valence-corrected chi connectivity index (χ0v) is 15.1. The van der Waals surface area contributed by atoms with E-state index in [-0.39, 0.29) is 5.91 Å². The van der Waals surface area contributed by atoms with E-state index in [9.17, 15) is 4.79 Å². The number of nitrogens with one attached hydrogen (secondary N) is 1. The van der Waals surface area contributed by atoms with E-state index in [0.717, 1.165) is 27.3 Å². The first-order valence-corrected chi connectivity index (χ1v) is 8.54. The molecule has 0 fully saturated rings. The van der Waals surface area contributed by atoms with Crippen molar-refractivity contribution in [3.05, 3.63) is 46.6 Å². The fourth-order valence-corrected chi connectivity index (χ4v) is 3.45. The molecule has 0 unspecified atom stereocenters. The average molecular weight is 340 g/mol. The molecule has 24 heavy (non-hydrogen) atoms. The Hall–Kier alpha value is -2.47. The first-order valence-electron chi connectivity index (χ1n) is 7.72. The Kier molecular flexibility index (Phi) is 4.49. The molecule has 3 rings (SSSR count). The average Bonchev–Trinajstić information content (AvgIpc) is 2.85. The fourth-order valence-electron chi connectivity index (χ4n) is 2.45. The molecule has 0 bridgehead atoms. The Balaban J connectivity index is 1.83. The van der Waals surface area contributed by atoms with Crippen molar-refractivity contribution in [2.24, 2.45) is 0 Å². The van der Waals surface area contributed by atoms with Crippen LogP contribution in [0.4, 0.5) is 11.5 Å². The van der Waals surface area contributed by atoms with Gasteiger partial charge in [0.25, 0.3) is 0 Å². The molecular formula is C18H20N4OS. The number of aryl methyl sites for hydroxylation is 2. The lowest BCUT2D eigenvalue weighted by Gasteiger charge is -2.11. The van der Waals surface area contributed by atoms with Gasteiger partial charge in [0, 0.05) is 24.7 Å². The van der Waals surface area contributed by atoms with Crippen molar-refractivity contribution in [2.75, 3.05) is 19.4 Å². The predicted molar refractivity (Wildman–Crippen MR) is 99.0 cm³/mol. The summed E-state index contributed by atoms with van der Waals surface area (Å²) < 4.78 is 0. The summed E-state index contributed by atoms with van der Waals surface area (Å²) in [6.45, 7) is 4.20. The third-order valence-electron chi connectivity index (χ3n) is 4.04. The summed E-state index contributed by atoms with van der Waals surface area (Å²) >= 11 is 1.68. The smallest absolute Gasteiger partial charge is 0.226 e. The van der Waals surface area contributed by atoms with Gasteiger partial charge in [-0.05, 0) is 37.1 Å². The van der Waals surface area contributed by atoms with E-state index in [1.165, 1.54) is 10.4 Å². The minimum Gasteiger partial charge on any atom is -0.349 e. The third-order valence-corrected chi connectivity index (χ3v) is 5.15. The molecule has 0 aliphatic carbocycles. The second-order valence-electron chi connectivity index (χ2n) is 5.97. The second kappa shape index (κ2) is 6.57. The lowest BCUT2D eigenvalue weighted by Crippen LogP contribution is -2.23. The Morgan fingerprint density at radius 2 is 1.88 bits per heavy atom. The molecule has 2 aromatic heterocycles. The Morgan fingerprint density at radius 1 is 1.17 bits per heavy atom. The standard InChI is InChI=1S/C18H20N4OS/c1-11-12(2)24-18-16(11)17(19-10-20-18)21-14-7-5-13(6-8-14)9-15(23)22(3)4/h5-8,10H,9H2,1-4H3,(H,19,20,21). The molecule has 0 saturated heterocycles. The molecule has 0 aliphatic rings. The highest BCUT2D eigenvalue weighted by Crippen LogP contribution is 2.33. The van der Waals surface area contributed by atoms with Gasteiger partial charge >= 0.3 is 0 Å². The van der Waals surface area contributed by atoms with Gasteiger partial charge in [-0.15, -0.1) is 11.3 Å². The molecule has 5 nitrogen and oxygen atoms in total. The first kappa shape index (κ1) is 16.4. The number of nitrogens with zero attached hydrogens (tertiary/aromatic N) is 3. The van der Waals surface area contributed by atoms with Gasteiger partial charge in [0.1, 0.15) is 17.0 Å². The molecule has 3 aromatic rings. The van der Waals surface area contributed by atoms with Gasteiger partial charge in [0.15, 0.2) is 0 Å². The number of aromatic nitrogens is 2. The van der Waals surface area contributed by atoms with Crippen molar-refractivity contribution in [3.63, 3.8) is 0 Å². The normalized spacial score (nSPS) is 10.8. The summed E-state index contributed by atoms with van der Waals surface area (Å²) in [7, 11) is 3.54. The van der Waals surface area contributed by atoms with Crippen LogP contribution >= 0.6 is 11.3 Å². The molecule has 1 N–H and O–H groups in total. The molecule has 0 saturated carbocycles. The Morgan fingerprint density at radius 3 is 2.54 bits per heavy atom. The first-order chi connectivity index (χ1) is 11.5. The number of hydrogen-bond acceptors (Lipinski definition) is 5. The summed E-state index contributed by atoms with van der Waals surface area (Å²) in [5.41, 5.74) is 3.15. The summed E-state index contributed by atoms with van der Waals surface area (Å²) in [6.07, 6.45) is 2.00. The van der Waals surface area contributed by atoms with Crippen molar-refractivity contribution < 1.29 is 4.79 Å². The van der Waals surface area contributed by atoms with Crippen LogP contribution in [-0.4, -0.2) is 34.9 Å². The van der Waals surface area contributed by atoms with Crippen LogP contribution < -0.4 is 5.32 Å². The van der Waals surface area contributed by atoms with Gasteiger partial charge in [0.2, 0.25) is 5.91 Å². The van der Waals surface area contributed by atoms with Crippen molar-refractivity contribution in [1.82, 2.24) is 14.9 Å². The van der Waals surface area contributed by atoms with Crippen LogP contribution in [0.5, 0.6) is 0 Å². The SMILES string of the molecule is Cc1sc2ncnc(Nc3ccc(CC(=O)N(C)C)cc3)c2c1C. The quantitative estimate of drug-likeness (QED) is 0.787. The van der Waals surface area contributed by atoms with Crippen molar-refractivity contribution in [2.45, 2.75) is 20.3 Å². The lowest BCUT2D eigenvalue weighted by atomic mass is 10.1. The Bertz CT molecular complexity index is 884. The number of fused-ring (bicyclic) bond motifs is 1. The second-order valence-corrected chi connectivity index (χ2v) is 7.18. The zero-order chi connectivity index (χ0) is 17.3. The van der Waals surface area contributed by atoms with Crippen LogP contribution in [0.2, 0.25) is 0 Å². The largest absolute Gasteiger partial charge is 0.349 e. The molecule has 6 heteroatoms. The minimum absolute atomic E-state index is 0.0950. The molecule has 2 heterocycles. The fraction of sp³-hybridized carbons (Fsp3) is 0.278. The summed E-state index contributed by atoms with van der Waals surface area (Å²) in [5.74, 6) is 0.913. The molecule has 0 radical (unpaired) electrons. The van der Waals surface area contributed by atoms with Crippen molar-refractivity contribution >= 4 is 39.0 Å². The molecule has 0 spiro atoms. The van der Waals surface area contributed by atoms with Crippen LogP contribution in [0.3, 0.4) is 0 Å². The highest BCUT2D eigenvalue weighted by molar-refractivity contribution is 7.18. The number of benzene rings is 1. The number of carbonyl (C=O) groups excluding carboxylic acids is 1. The van der Waals surface area contributed by atoms with Crippen LogP contribution in [0.25, 0.3) is 10.2 Å². The highest BCUT2D eigenvalue weighted by atomic mass is 32.1. The number of thiophene rings is 1. The number of anilines is 2. The van der Waals surface area contributed by atoms with E-state index in [4.69, 9.17) is 0 Å². The lowest BCUT2D eigenvalue weighted by molar-refractivity contribution is -0.127. The molecular weight excluding hydrogens is 320 g/mol. The highest BCUT2D eigenvalue weighted by Gasteiger charge is 2.12. The van der Waals surface area contributed by atoms with Gasteiger partial charge in [-0.1, -0.05) is 12.1 Å².